The van der Waals surface area contributed by atoms with Crippen LogP contribution in [0.5, 0.6) is 5.75 Å². The number of rotatable bonds is 6. The third kappa shape index (κ3) is 3.40. The number of aromatic nitrogens is 3. The van der Waals surface area contributed by atoms with Crippen LogP contribution in [0.2, 0.25) is 0 Å². The summed E-state index contributed by atoms with van der Waals surface area (Å²) in [7, 11) is 1.52. The highest BCUT2D eigenvalue weighted by Crippen LogP contribution is 2.36. The van der Waals surface area contributed by atoms with Gasteiger partial charge in [0.25, 0.3) is 0 Å². The number of ether oxygens (including phenoxy) is 1. The fourth-order valence-electron chi connectivity index (χ4n) is 2.64. The monoisotopic (exact) mass is 394 g/mol. The molecular formula is C18H14N6O3S. The molecule has 2 heterocycles. The van der Waals surface area contributed by atoms with Gasteiger partial charge in [0.2, 0.25) is 11.6 Å². The van der Waals surface area contributed by atoms with Gasteiger partial charge < -0.3 is 15.4 Å². The van der Waals surface area contributed by atoms with Gasteiger partial charge in [0.1, 0.15) is 12.1 Å². The molecule has 2 aromatic carbocycles. The molecule has 0 amide bonds. The summed E-state index contributed by atoms with van der Waals surface area (Å²) in [6.07, 6.45) is 1.25. The molecule has 0 radical (unpaired) electrons. The average Bonchev–Trinajstić information content (AvgIpc) is 3.10. The van der Waals surface area contributed by atoms with E-state index >= 15 is 0 Å². The average molecular weight is 394 g/mol. The number of methoxy groups -OCH3 is 1. The highest BCUT2D eigenvalue weighted by molar-refractivity contribution is 7.22. The van der Waals surface area contributed by atoms with Crippen LogP contribution in [-0.4, -0.2) is 27.0 Å². The topological polar surface area (TPSA) is 115 Å². The van der Waals surface area contributed by atoms with E-state index < -0.39 is 4.92 Å². The molecule has 4 aromatic rings. The third-order valence-electron chi connectivity index (χ3n) is 3.88. The van der Waals surface area contributed by atoms with E-state index in [1.165, 1.54) is 24.8 Å². The Kier molecular flexibility index (Phi) is 4.68. The molecular weight excluding hydrogens is 380 g/mol. The van der Waals surface area contributed by atoms with Crippen molar-refractivity contribution in [1.29, 1.82) is 0 Å². The van der Waals surface area contributed by atoms with Crippen molar-refractivity contribution < 1.29 is 9.66 Å². The van der Waals surface area contributed by atoms with E-state index in [0.29, 0.717) is 16.6 Å². The number of fused-ring (bicyclic) bond motifs is 1. The van der Waals surface area contributed by atoms with E-state index in [-0.39, 0.29) is 17.3 Å². The lowest BCUT2D eigenvalue weighted by Gasteiger charge is -2.11. The lowest BCUT2D eigenvalue weighted by atomic mass is 10.3. The second-order valence-electron chi connectivity index (χ2n) is 5.61. The molecule has 2 aromatic heterocycles. The van der Waals surface area contributed by atoms with Crippen molar-refractivity contribution in [2.24, 2.45) is 0 Å². The number of hydrogen-bond donors (Lipinski definition) is 2. The van der Waals surface area contributed by atoms with Crippen LogP contribution in [0.1, 0.15) is 0 Å². The Hall–Kier alpha value is -3.79. The summed E-state index contributed by atoms with van der Waals surface area (Å²) < 4.78 is 6.24. The Morgan fingerprint density at radius 1 is 1.04 bits per heavy atom. The van der Waals surface area contributed by atoms with Crippen molar-refractivity contribution in [1.82, 2.24) is 15.0 Å². The fraction of sp³-hybridized carbons (Fsp3) is 0.0556. The normalized spacial score (nSPS) is 10.6. The van der Waals surface area contributed by atoms with Gasteiger partial charge in [0, 0.05) is 0 Å². The van der Waals surface area contributed by atoms with Crippen LogP contribution in [0.25, 0.3) is 10.2 Å². The minimum absolute atomic E-state index is 0.0492. The molecule has 4 rings (SSSR count). The second-order valence-corrected chi connectivity index (χ2v) is 6.64. The quantitative estimate of drug-likeness (QED) is 0.363. The predicted octanol–water partition coefficient (Wildman–Crippen LogP) is 4.49. The Balaban J connectivity index is 1.72. The largest absolute Gasteiger partial charge is 0.495 e. The third-order valence-corrected chi connectivity index (χ3v) is 4.84. The van der Waals surface area contributed by atoms with Crippen molar-refractivity contribution in [2.75, 3.05) is 17.7 Å². The number of nitrogens with zero attached hydrogens (tertiary/aromatic N) is 4. The smallest absolute Gasteiger partial charge is 0.353 e. The summed E-state index contributed by atoms with van der Waals surface area (Å²) in [5.41, 5.74) is 1.07. The van der Waals surface area contributed by atoms with E-state index in [4.69, 9.17) is 4.74 Å². The van der Waals surface area contributed by atoms with Crippen LogP contribution in [-0.2, 0) is 0 Å². The first-order valence-corrected chi connectivity index (χ1v) is 8.99. The molecule has 0 saturated carbocycles. The maximum Gasteiger partial charge on any atom is 0.353 e. The van der Waals surface area contributed by atoms with Gasteiger partial charge in [-0.3, -0.25) is 10.1 Å². The van der Waals surface area contributed by atoms with Crippen molar-refractivity contribution in [3.8, 4) is 5.75 Å². The van der Waals surface area contributed by atoms with Gasteiger partial charge >= 0.3 is 5.69 Å². The molecule has 0 fully saturated rings. The zero-order chi connectivity index (χ0) is 19.5. The number of thiazole rings is 1. The molecule has 10 heteroatoms. The van der Waals surface area contributed by atoms with Gasteiger partial charge in [-0.1, -0.05) is 35.6 Å². The fourth-order valence-corrected chi connectivity index (χ4v) is 3.50. The van der Waals surface area contributed by atoms with Gasteiger partial charge in [-0.2, -0.15) is 0 Å². The Bertz CT molecular complexity index is 1130. The lowest BCUT2D eigenvalue weighted by Crippen LogP contribution is -2.06. The summed E-state index contributed by atoms with van der Waals surface area (Å²) in [4.78, 5) is 23.7. The van der Waals surface area contributed by atoms with Crippen molar-refractivity contribution in [3.05, 3.63) is 65.0 Å². The maximum absolute atomic E-state index is 11.7. The second kappa shape index (κ2) is 7.45. The van der Waals surface area contributed by atoms with Crippen molar-refractivity contribution in [3.63, 3.8) is 0 Å². The highest BCUT2D eigenvalue weighted by atomic mass is 32.1. The van der Waals surface area contributed by atoms with Crippen molar-refractivity contribution >= 4 is 49.7 Å². The molecule has 2 N–H and O–H groups in total. The number of nitrogens with one attached hydrogen (secondary N) is 2. The Labute approximate surface area is 163 Å². The van der Waals surface area contributed by atoms with E-state index in [0.717, 1.165) is 10.2 Å². The molecule has 0 atom stereocenters. The van der Waals surface area contributed by atoms with Gasteiger partial charge in [-0.25, -0.2) is 15.0 Å². The van der Waals surface area contributed by atoms with E-state index in [1.54, 1.807) is 24.3 Å². The van der Waals surface area contributed by atoms with Crippen LogP contribution in [0.4, 0.5) is 28.1 Å². The van der Waals surface area contributed by atoms with Gasteiger partial charge in [0.05, 0.1) is 27.9 Å². The molecule has 0 aliphatic rings. The molecule has 9 nitrogen and oxygen atoms in total. The molecule has 0 bridgehead atoms. The Morgan fingerprint density at radius 3 is 2.50 bits per heavy atom. The molecule has 0 unspecified atom stereocenters. The summed E-state index contributed by atoms with van der Waals surface area (Å²) in [5.74, 6) is 0.639. The molecule has 0 saturated heterocycles. The summed E-state index contributed by atoms with van der Waals surface area (Å²) in [6, 6.07) is 14.7. The van der Waals surface area contributed by atoms with Crippen LogP contribution < -0.4 is 15.4 Å². The first kappa shape index (κ1) is 17.6. The van der Waals surface area contributed by atoms with Gasteiger partial charge in [0.15, 0.2) is 5.13 Å². The van der Waals surface area contributed by atoms with Crippen LogP contribution in [0.15, 0.2) is 54.9 Å². The first-order valence-electron chi connectivity index (χ1n) is 8.17. The highest BCUT2D eigenvalue weighted by Gasteiger charge is 2.24. The van der Waals surface area contributed by atoms with Gasteiger partial charge in [-0.15, -0.1) is 0 Å². The molecule has 0 aliphatic carbocycles. The standard InChI is InChI=1S/C18H14N6O3S/c1-27-13-8-4-2-6-11(13)21-16-15(24(25)26)17(20-10-19-16)23-18-22-12-7-3-5-9-14(12)28-18/h2-10H,1H3,(H2,19,20,21,22,23). The number of nitro groups is 1. The van der Waals surface area contributed by atoms with Crippen LogP contribution >= 0.6 is 11.3 Å². The number of benzene rings is 2. The van der Waals surface area contributed by atoms with Crippen LogP contribution in [0.3, 0.4) is 0 Å². The minimum atomic E-state index is -0.534. The SMILES string of the molecule is COc1ccccc1Nc1ncnc(Nc2nc3ccccc3s2)c1[N+](=O)[O-]. The zero-order valence-electron chi connectivity index (χ0n) is 14.6. The first-order chi connectivity index (χ1) is 13.7. The molecule has 0 spiro atoms. The summed E-state index contributed by atoms with van der Waals surface area (Å²) in [6.45, 7) is 0. The van der Waals surface area contributed by atoms with Gasteiger partial charge in [-0.05, 0) is 24.3 Å². The van der Waals surface area contributed by atoms with Crippen molar-refractivity contribution in [2.45, 2.75) is 0 Å². The molecule has 140 valence electrons. The van der Waals surface area contributed by atoms with E-state index in [1.807, 2.05) is 24.3 Å². The van der Waals surface area contributed by atoms with E-state index in [2.05, 4.69) is 25.6 Å². The lowest BCUT2D eigenvalue weighted by molar-refractivity contribution is -0.383. The minimum Gasteiger partial charge on any atom is -0.495 e. The predicted molar refractivity (Wildman–Crippen MR) is 108 cm³/mol. The van der Waals surface area contributed by atoms with Crippen LogP contribution in [0, 0.1) is 10.1 Å². The zero-order valence-corrected chi connectivity index (χ0v) is 15.4. The maximum atomic E-state index is 11.7. The summed E-state index contributed by atoms with van der Waals surface area (Å²) in [5, 5.41) is 18.1. The number of hydrogen-bond acceptors (Lipinski definition) is 9. The summed E-state index contributed by atoms with van der Waals surface area (Å²) >= 11 is 1.38. The number of para-hydroxylation sites is 3. The number of anilines is 4. The molecule has 28 heavy (non-hydrogen) atoms. The molecule has 0 aliphatic heterocycles. The Morgan fingerprint density at radius 2 is 1.75 bits per heavy atom. The van der Waals surface area contributed by atoms with E-state index in [9.17, 15) is 10.1 Å².